The molecule has 1 aliphatic heterocycles. The number of hydrogen-bond donors (Lipinski definition) is 2. The second kappa shape index (κ2) is 12.2. The number of ether oxygens (including phenoxy) is 2. The van der Waals surface area contributed by atoms with E-state index in [0.29, 0.717) is 40.5 Å². The SMILES string of the molecule is CCCCOC(=O)N/C=C1\C(N)=NC(CCC)=C(C(=O)OCC)C1c1ccccc1Cl. The minimum atomic E-state index is -0.636. The van der Waals surface area contributed by atoms with E-state index >= 15 is 0 Å². The average molecular weight is 448 g/mol. The highest BCUT2D eigenvalue weighted by Gasteiger charge is 2.36. The first-order chi connectivity index (χ1) is 14.9. The van der Waals surface area contributed by atoms with Crippen molar-refractivity contribution >= 4 is 29.5 Å². The van der Waals surface area contributed by atoms with Crippen LogP contribution in [0.3, 0.4) is 0 Å². The van der Waals surface area contributed by atoms with E-state index in [-0.39, 0.29) is 12.4 Å². The molecular formula is C23H30ClN3O4. The maximum atomic E-state index is 13.0. The van der Waals surface area contributed by atoms with Crippen LogP contribution in [0.5, 0.6) is 0 Å². The number of alkyl carbamates (subject to hydrolysis) is 1. The first-order valence-electron chi connectivity index (χ1n) is 10.6. The molecule has 7 nitrogen and oxygen atoms in total. The van der Waals surface area contributed by atoms with Crippen molar-refractivity contribution in [3.8, 4) is 0 Å². The van der Waals surface area contributed by atoms with Gasteiger partial charge in [0.2, 0.25) is 0 Å². The van der Waals surface area contributed by atoms with E-state index in [1.165, 1.54) is 6.20 Å². The standard InChI is InChI=1S/C23H30ClN3O4/c1-4-7-13-31-23(29)26-14-16-19(15-11-8-9-12-17(15)24)20(22(28)30-6-3)18(10-5-2)27-21(16)25/h8-9,11-12,14,19H,4-7,10,13H2,1-3H3,(H2,25,27)(H,26,29)/b16-14-. The van der Waals surface area contributed by atoms with Crippen LogP contribution in [0.25, 0.3) is 0 Å². The fourth-order valence-electron chi connectivity index (χ4n) is 3.29. The lowest BCUT2D eigenvalue weighted by Crippen LogP contribution is -2.32. The van der Waals surface area contributed by atoms with Gasteiger partial charge in [0.05, 0.1) is 24.5 Å². The molecule has 1 aromatic rings. The zero-order valence-corrected chi connectivity index (χ0v) is 19.0. The zero-order valence-electron chi connectivity index (χ0n) is 18.2. The molecule has 0 saturated carbocycles. The van der Waals surface area contributed by atoms with Gasteiger partial charge in [0.15, 0.2) is 0 Å². The first kappa shape index (κ1) is 24.5. The van der Waals surface area contributed by atoms with E-state index in [9.17, 15) is 9.59 Å². The molecule has 0 spiro atoms. The second-order valence-electron chi connectivity index (χ2n) is 7.02. The highest BCUT2D eigenvalue weighted by molar-refractivity contribution is 6.31. The number of carbonyl (C=O) groups excluding carboxylic acids is 2. The lowest BCUT2D eigenvalue weighted by molar-refractivity contribution is -0.138. The Morgan fingerprint density at radius 1 is 1.19 bits per heavy atom. The van der Waals surface area contributed by atoms with Crippen LogP contribution < -0.4 is 11.1 Å². The minimum absolute atomic E-state index is 0.204. The van der Waals surface area contributed by atoms with Gasteiger partial charge in [0.25, 0.3) is 0 Å². The molecule has 3 N–H and O–H groups in total. The number of carbonyl (C=O) groups is 2. The number of amidine groups is 1. The van der Waals surface area contributed by atoms with Gasteiger partial charge in [-0.2, -0.15) is 0 Å². The molecule has 168 valence electrons. The van der Waals surface area contributed by atoms with Crippen molar-refractivity contribution in [2.45, 2.75) is 52.4 Å². The third kappa shape index (κ3) is 6.34. The van der Waals surface area contributed by atoms with E-state index < -0.39 is 18.0 Å². The molecule has 0 radical (unpaired) electrons. The lowest BCUT2D eigenvalue weighted by atomic mass is 9.80. The first-order valence-corrected chi connectivity index (χ1v) is 10.9. The van der Waals surface area contributed by atoms with Crippen LogP contribution in [0.2, 0.25) is 5.02 Å². The number of nitrogens with zero attached hydrogens (tertiary/aromatic N) is 1. The van der Waals surface area contributed by atoms with Crippen LogP contribution in [0.4, 0.5) is 4.79 Å². The summed E-state index contributed by atoms with van der Waals surface area (Å²) in [4.78, 5) is 29.5. The summed E-state index contributed by atoms with van der Waals surface area (Å²) < 4.78 is 10.5. The molecule has 8 heteroatoms. The largest absolute Gasteiger partial charge is 0.463 e. The summed E-state index contributed by atoms with van der Waals surface area (Å²) in [6, 6.07) is 7.20. The maximum Gasteiger partial charge on any atom is 0.411 e. The predicted octanol–water partition coefficient (Wildman–Crippen LogP) is 4.82. The van der Waals surface area contributed by atoms with Crippen LogP contribution >= 0.6 is 11.6 Å². The number of amides is 1. The average Bonchev–Trinajstić information content (AvgIpc) is 2.73. The van der Waals surface area contributed by atoms with Gasteiger partial charge in [-0.25, -0.2) is 14.6 Å². The molecule has 1 atom stereocenters. The van der Waals surface area contributed by atoms with Gasteiger partial charge >= 0.3 is 12.1 Å². The molecule has 1 aliphatic rings. The predicted molar refractivity (Wildman–Crippen MR) is 122 cm³/mol. The Labute approximate surface area is 188 Å². The van der Waals surface area contributed by atoms with Crippen molar-refractivity contribution in [2.75, 3.05) is 13.2 Å². The molecule has 1 unspecified atom stereocenters. The van der Waals surface area contributed by atoms with E-state index in [0.717, 1.165) is 19.3 Å². The molecule has 1 heterocycles. The number of nitrogens with one attached hydrogen (secondary N) is 1. The summed E-state index contributed by atoms with van der Waals surface area (Å²) in [5.74, 6) is -0.915. The van der Waals surface area contributed by atoms with Gasteiger partial charge in [-0.15, -0.1) is 0 Å². The van der Waals surface area contributed by atoms with Crippen LogP contribution in [0, 0.1) is 0 Å². The van der Waals surface area contributed by atoms with Crippen LogP contribution in [0.1, 0.15) is 57.9 Å². The summed E-state index contributed by atoms with van der Waals surface area (Å²) in [5, 5.41) is 3.07. The number of aliphatic imine (C=N–C) groups is 1. The number of halogens is 1. The normalized spacial score (nSPS) is 17.4. The number of nitrogens with two attached hydrogens (primary N) is 1. The summed E-state index contributed by atoms with van der Waals surface area (Å²) in [6.07, 6.45) is 3.83. The zero-order chi connectivity index (χ0) is 22.8. The van der Waals surface area contributed by atoms with Gasteiger partial charge in [0, 0.05) is 22.7 Å². The minimum Gasteiger partial charge on any atom is -0.463 e. The van der Waals surface area contributed by atoms with Gasteiger partial charge in [-0.3, -0.25) is 5.32 Å². The Morgan fingerprint density at radius 2 is 1.94 bits per heavy atom. The van der Waals surface area contributed by atoms with Crippen molar-refractivity contribution in [3.63, 3.8) is 0 Å². The molecule has 0 fully saturated rings. The van der Waals surface area contributed by atoms with Crippen LogP contribution in [0.15, 0.2) is 52.3 Å². The molecule has 0 saturated heterocycles. The summed E-state index contributed by atoms with van der Waals surface area (Å²) in [7, 11) is 0. The second-order valence-corrected chi connectivity index (χ2v) is 7.42. The fourth-order valence-corrected chi connectivity index (χ4v) is 3.53. The highest BCUT2D eigenvalue weighted by atomic mass is 35.5. The number of unbranched alkanes of at least 4 members (excludes halogenated alkanes) is 1. The number of hydrogen-bond acceptors (Lipinski definition) is 6. The Bertz CT molecular complexity index is 893. The van der Waals surface area contributed by atoms with Gasteiger partial charge < -0.3 is 15.2 Å². The van der Waals surface area contributed by atoms with E-state index in [2.05, 4.69) is 10.3 Å². The van der Waals surface area contributed by atoms with Crippen molar-refractivity contribution in [2.24, 2.45) is 10.7 Å². The Morgan fingerprint density at radius 3 is 2.58 bits per heavy atom. The smallest absolute Gasteiger partial charge is 0.411 e. The molecule has 1 amide bonds. The fraction of sp³-hybridized carbons (Fsp3) is 0.435. The summed E-state index contributed by atoms with van der Waals surface area (Å²) >= 11 is 6.49. The van der Waals surface area contributed by atoms with Crippen LogP contribution in [-0.2, 0) is 14.3 Å². The molecule has 0 aromatic heterocycles. The number of benzene rings is 1. The Kier molecular flexibility index (Phi) is 9.59. The van der Waals surface area contributed by atoms with Crippen molar-refractivity contribution in [1.29, 1.82) is 0 Å². The number of rotatable bonds is 9. The monoisotopic (exact) mass is 447 g/mol. The Hall–Kier alpha value is -2.80. The third-order valence-electron chi connectivity index (χ3n) is 4.74. The van der Waals surface area contributed by atoms with E-state index in [4.69, 9.17) is 26.8 Å². The van der Waals surface area contributed by atoms with Gasteiger partial charge in [-0.05, 0) is 31.4 Å². The van der Waals surface area contributed by atoms with Crippen molar-refractivity contribution < 1.29 is 19.1 Å². The molecule has 31 heavy (non-hydrogen) atoms. The quantitative estimate of drug-likeness (QED) is 0.417. The molecule has 0 bridgehead atoms. The molecule has 1 aromatic carbocycles. The number of allylic oxidation sites excluding steroid dienone is 1. The van der Waals surface area contributed by atoms with Crippen LogP contribution in [-0.4, -0.2) is 31.1 Å². The topological polar surface area (TPSA) is 103 Å². The van der Waals surface area contributed by atoms with Crippen molar-refractivity contribution in [1.82, 2.24) is 5.32 Å². The third-order valence-corrected chi connectivity index (χ3v) is 5.08. The Balaban J connectivity index is 2.55. The van der Waals surface area contributed by atoms with Crippen molar-refractivity contribution in [3.05, 3.63) is 57.9 Å². The summed E-state index contributed by atoms with van der Waals surface area (Å²) in [6.45, 7) is 6.28. The summed E-state index contributed by atoms with van der Waals surface area (Å²) in [5.41, 5.74) is 8.34. The highest BCUT2D eigenvalue weighted by Crippen LogP contribution is 2.41. The van der Waals surface area contributed by atoms with Gasteiger partial charge in [0.1, 0.15) is 5.84 Å². The molecule has 0 aliphatic carbocycles. The molecular weight excluding hydrogens is 418 g/mol. The lowest BCUT2D eigenvalue weighted by Gasteiger charge is -2.29. The van der Waals surface area contributed by atoms with E-state index in [1.54, 1.807) is 19.1 Å². The van der Waals surface area contributed by atoms with E-state index in [1.807, 2.05) is 26.0 Å². The molecule has 2 rings (SSSR count). The van der Waals surface area contributed by atoms with Gasteiger partial charge in [-0.1, -0.05) is 56.5 Å². The number of esters is 1. The maximum absolute atomic E-state index is 13.0.